The number of rotatable bonds is 3. The normalized spacial score (nSPS) is 19.4. The van der Waals surface area contributed by atoms with Gasteiger partial charge < -0.3 is 20.9 Å². The lowest BCUT2D eigenvalue weighted by Gasteiger charge is -2.29. The maximum atomic E-state index is 15.5. The lowest BCUT2D eigenvalue weighted by atomic mass is 9.84. The molecule has 1 atom stereocenters. The van der Waals surface area contributed by atoms with E-state index in [-0.39, 0.29) is 17.2 Å². The van der Waals surface area contributed by atoms with E-state index in [1.807, 2.05) is 0 Å². The zero-order valence-corrected chi connectivity index (χ0v) is 20.5. The van der Waals surface area contributed by atoms with Gasteiger partial charge in [-0.15, -0.1) is 0 Å². The summed E-state index contributed by atoms with van der Waals surface area (Å²) in [6.07, 6.45) is -5.10. The number of anilines is 1. The van der Waals surface area contributed by atoms with E-state index in [1.54, 1.807) is 0 Å². The molecule has 5 N–H and O–H groups in total. The third kappa shape index (κ3) is 4.22. The standard InChI is InChI=1S/C23H13ClF5N3O6S/c24-13-2-1-9(25)5-12(13)22(35)18-10(16-11(20(30)33)3-8(4-14(16)26)23(27,28)29)6-15-19(17(18)21(34)31-22)38-7-39(36,37)32-15/h1-6,32,35H,7H2,(H2,30,33)(H,31,34). The maximum Gasteiger partial charge on any atom is 0.416 e. The summed E-state index contributed by atoms with van der Waals surface area (Å²) in [5, 5.41) is 13.6. The molecule has 204 valence electrons. The smallest absolute Gasteiger partial charge is 0.416 e. The first-order chi connectivity index (χ1) is 18.0. The molecular weight excluding hydrogens is 577 g/mol. The molecule has 0 fully saturated rings. The average Bonchev–Trinajstić information content (AvgIpc) is 3.09. The number of nitrogens with one attached hydrogen (secondary N) is 2. The zero-order valence-electron chi connectivity index (χ0n) is 18.9. The fraction of sp³-hybridized carbons (Fsp3) is 0.130. The van der Waals surface area contributed by atoms with E-state index in [0.717, 1.165) is 24.3 Å². The van der Waals surface area contributed by atoms with Gasteiger partial charge in [-0.25, -0.2) is 17.2 Å². The van der Waals surface area contributed by atoms with E-state index >= 15 is 4.39 Å². The van der Waals surface area contributed by atoms with E-state index in [4.69, 9.17) is 22.1 Å². The van der Waals surface area contributed by atoms with Crippen molar-refractivity contribution in [1.29, 1.82) is 0 Å². The number of hydrogen-bond acceptors (Lipinski definition) is 6. The molecule has 0 saturated heterocycles. The summed E-state index contributed by atoms with van der Waals surface area (Å²) in [4.78, 5) is 25.4. The van der Waals surface area contributed by atoms with Crippen molar-refractivity contribution < 1.29 is 49.8 Å². The number of benzene rings is 3. The first kappa shape index (κ1) is 26.6. The van der Waals surface area contributed by atoms with Gasteiger partial charge in [-0.1, -0.05) is 11.6 Å². The van der Waals surface area contributed by atoms with E-state index in [9.17, 15) is 40.7 Å². The number of nitrogens with two attached hydrogens (primary N) is 1. The van der Waals surface area contributed by atoms with Gasteiger partial charge in [0.15, 0.2) is 11.5 Å². The highest BCUT2D eigenvalue weighted by Gasteiger charge is 2.50. The van der Waals surface area contributed by atoms with Crippen LogP contribution in [0, 0.1) is 11.6 Å². The molecule has 39 heavy (non-hydrogen) atoms. The van der Waals surface area contributed by atoms with Crippen molar-refractivity contribution in [2.75, 3.05) is 10.7 Å². The number of fused-ring (bicyclic) bond motifs is 3. The zero-order chi connectivity index (χ0) is 28.7. The number of hydrogen-bond donors (Lipinski definition) is 4. The predicted octanol–water partition coefficient (Wildman–Crippen LogP) is 3.43. The van der Waals surface area contributed by atoms with Crippen LogP contribution in [-0.2, 0) is 21.9 Å². The summed E-state index contributed by atoms with van der Waals surface area (Å²) in [6.45, 7) is 0. The van der Waals surface area contributed by atoms with Gasteiger partial charge in [0.2, 0.25) is 11.8 Å². The molecule has 2 amide bonds. The molecule has 0 saturated carbocycles. The summed E-state index contributed by atoms with van der Waals surface area (Å²) in [6, 6.07) is 3.84. The van der Waals surface area contributed by atoms with Crippen LogP contribution in [0.25, 0.3) is 11.1 Å². The minimum atomic E-state index is -5.10. The number of ether oxygens (including phenoxy) is 1. The largest absolute Gasteiger partial charge is 0.473 e. The van der Waals surface area contributed by atoms with Crippen molar-refractivity contribution in [2.24, 2.45) is 5.73 Å². The number of amides is 2. The van der Waals surface area contributed by atoms with E-state index in [0.29, 0.717) is 0 Å². The van der Waals surface area contributed by atoms with Crippen LogP contribution in [0.2, 0.25) is 5.02 Å². The minimum absolute atomic E-state index is 0.0483. The second-order valence-corrected chi connectivity index (χ2v) is 10.6. The van der Waals surface area contributed by atoms with Crippen molar-refractivity contribution in [1.82, 2.24) is 5.32 Å². The predicted molar refractivity (Wildman–Crippen MR) is 125 cm³/mol. The van der Waals surface area contributed by atoms with E-state index < -0.39 is 102 Å². The molecule has 0 radical (unpaired) electrons. The number of carbonyl (C=O) groups excluding carboxylic acids is 2. The van der Waals surface area contributed by atoms with Crippen LogP contribution in [0.4, 0.5) is 27.6 Å². The number of halogens is 6. The Kier molecular flexibility index (Phi) is 5.83. The molecule has 3 aromatic carbocycles. The Balaban J connectivity index is 1.94. The monoisotopic (exact) mass is 589 g/mol. The van der Waals surface area contributed by atoms with Crippen molar-refractivity contribution >= 4 is 39.1 Å². The van der Waals surface area contributed by atoms with Crippen molar-refractivity contribution in [3.8, 4) is 16.9 Å². The Morgan fingerprint density at radius 3 is 2.46 bits per heavy atom. The quantitative estimate of drug-likeness (QED) is 0.344. The topological polar surface area (TPSA) is 148 Å². The molecule has 0 bridgehead atoms. The maximum absolute atomic E-state index is 15.5. The summed E-state index contributed by atoms with van der Waals surface area (Å²) in [7, 11) is -4.16. The summed E-state index contributed by atoms with van der Waals surface area (Å²) < 4.78 is 101. The Morgan fingerprint density at radius 2 is 1.82 bits per heavy atom. The molecule has 5 rings (SSSR count). The van der Waals surface area contributed by atoms with Crippen LogP contribution < -0.4 is 20.5 Å². The lowest BCUT2D eigenvalue weighted by molar-refractivity contribution is -0.137. The third-order valence-electron chi connectivity index (χ3n) is 6.06. The van der Waals surface area contributed by atoms with E-state index in [1.165, 1.54) is 0 Å². The van der Waals surface area contributed by atoms with Gasteiger partial charge in [0.05, 0.1) is 22.4 Å². The molecule has 16 heteroatoms. The van der Waals surface area contributed by atoms with Crippen molar-refractivity contribution in [3.05, 3.63) is 80.9 Å². The van der Waals surface area contributed by atoms with E-state index in [2.05, 4.69) is 10.0 Å². The highest BCUT2D eigenvalue weighted by Crippen LogP contribution is 2.51. The van der Waals surface area contributed by atoms with Crippen LogP contribution in [0.15, 0.2) is 36.4 Å². The Morgan fingerprint density at radius 1 is 1.13 bits per heavy atom. The fourth-order valence-corrected chi connectivity index (χ4v) is 5.59. The first-order valence-electron chi connectivity index (χ1n) is 10.6. The summed E-state index contributed by atoms with van der Waals surface area (Å²) in [5.41, 5.74) is -3.75. The average molecular weight is 590 g/mol. The van der Waals surface area contributed by atoms with Gasteiger partial charge in [-0.2, -0.15) is 13.2 Å². The molecular formula is C23H13ClF5N3O6S. The molecule has 9 nitrogen and oxygen atoms in total. The van der Waals surface area contributed by atoms with Gasteiger partial charge in [-0.05, 0) is 42.0 Å². The summed E-state index contributed by atoms with van der Waals surface area (Å²) >= 11 is 6.17. The number of sulfonamides is 1. The minimum Gasteiger partial charge on any atom is -0.473 e. The number of aliphatic hydroxyl groups is 1. The van der Waals surface area contributed by atoms with Crippen LogP contribution >= 0.6 is 11.6 Å². The fourth-order valence-electron chi connectivity index (χ4n) is 4.52. The Bertz CT molecular complexity index is 1730. The first-order valence-corrected chi connectivity index (χ1v) is 12.6. The summed E-state index contributed by atoms with van der Waals surface area (Å²) in [5.74, 6) is -6.64. The highest BCUT2D eigenvalue weighted by atomic mass is 35.5. The molecule has 3 aromatic rings. The molecule has 0 aromatic heterocycles. The number of alkyl halides is 3. The number of primary amides is 1. The third-order valence-corrected chi connectivity index (χ3v) is 7.35. The Hall–Kier alpha value is -3.95. The van der Waals surface area contributed by atoms with Crippen LogP contribution in [0.3, 0.4) is 0 Å². The van der Waals surface area contributed by atoms with Gasteiger partial charge >= 0.3 is 6.18 Å². The van der Waals surface area contributed by atoms with Crippen LogP contribution in [0.5, 0.6) is 5.75 Å². The van der Waals surface area contributed by atoms with Crippen LogP contribution in [-0.4, -0.2) is 31.3 Å². The molecule has 1 unspecified atom stereocenters. The van der Waals surface area contributed by atoms with Gasteiger partial charge in [-0.3, -0.25) is 14.3 Å². The SMILES string of the molecule is NC(=O)c1cc(C(F)(F)F)cc(F)c1-c1cc2c(c3c1C(O)(c1cc(F)ccc1Cl)NC3=O)OCS(=O)(=O)N2. The molecule has 0 spiro atoms. The van der Waals surface area contributed by atoms with Gasteiger partial charge in [0, 0.05) is 21.7 Å². The van der Waals surface area contributed by atoms with Gasteiger partial charge in [0.25, 0.3) is 15.9 Å². The molecule has 2 aliphatic rings. The van der Waals surface area contributed by atoms with Crippen molar-refractivity contribution in [2.45, 2.75) is 11.9 Å². The number of carbonyl (C=O) groups is 2. The molecule has 2 aliphatic heterocycles. The van der Waals surface area contributed by atoms with Crippen molar-refractivity contribution in [3.63, 3.8) is 0 Å². The highest BCUT2D eigenvalue weighted by molar-refractivity contribution is 7.92. The van der Waals surface area contributed by atoms with Gasteiger partial charge in [0.1, 0.15) is 11.6 Å². The lowest BCUT2D eigenvalue weighted by Crippen LogP contribution is -2.41. The second-order valence-electron chi connectivity index (χ2n) is 8.56. The van der Waals surface area contributed by atoms with Crippen LogP contribution in [0.1, 0.15) is 37.4 Å². The Labute approximate surface area is 220 Å². The molecule has 0 aliphatic carbocycles. The second kappa shape index (κ2) is 8.53. The molecule has 2 heterocycles.